The second-order valence-corrected chi connectivity index (χ2v) is 11.2. The van der Waals surface area contributed by atoms with Crippen molar-refractivity contribution in [3.63, 3.8) is 0 Å². The molecule has 0 unspecified atom stereocenters. The van der Waals surface area contributed by atoms with Crippen LogP contribution in [-0.4, -0.2) is 27.1 Å². The molecule has 2 N–H and O–H groups in total. The van der Waals surface area contributed by atoms with E-state index in [1.165, 1.54) is 18.2 Å². The van der Waals surface area contributed by atoms with Gasteiger partial charge in [0.25, 0.3) is 5.56 Å². The Morgan fingerprint density at radius 3 is 2.48 bits per heavy atom. The van der Waals surface area contributed by atoms with Crippen molar-refractivity contribution in [2.75, 3.05) is 11.1 Å². The van der Waals surface area contributed by atoms with Gasteiger partial charge in [-0.1, -0.05) is 36.0 Å². The molecule has 0 atom stereocenters. The van der Waals surface area contributed by atoms with E-state index in [1.54, 1.807) is 47.2 Å². The third-order valence-corrected chi connectivity index (χ3v) is 8.32. The SMILES string of the molecule is O=C(CSc1nc2ccccc2c(=O)n1CC1CCC(C(=O)NCc2ccco2)CC1)Nc1ccccc1C(F)(F)F. The lowest BCUT2D eigenvalue weighted by Crippen LogP contribution is -2.34. The molecule has 1 fully saturated rings. The maximum absolute atomic E-state index is 13.5. The fourth-order valence-corrected chi connectivity index (χ4v) is 5.98. The molecule has 1 aliphatic carbocycles. The number of thioether (sulfide) groups is 1. The van der Waals surface area contributed by atoms with Gasteiger partial charge in [0.05, 0.1) is 40.7 Å². The number of rotatable bonds is 9. The zero-order valence-electron chi connectivity index (χ0n) is 22.5. The summed E-state index contributed by atoms with van der Waals surface area (Å²) in [7, 11) is 0. The highest BCUT2D eigenvalue weighted by atomic mass is 32.2. The number of para-hydroxylation sites is 2. The number of nitrogens with one attached hydrogen (secondary N) is 2. The molecule has 0 aliphatic heterocycles. The van der Waals surface area contributed by atoms with Crippen molar-refractivity contribution in [2.24, 2.45) is 11.8 Å². The first-order chi connectivity index (χ1) is 20.2. The number of carbonyl (C=O) groups excluding carboxylic acids is 2. The molecular formula is C30H29F3N4O4S. The third-order valence-electron chi connectivity index (χ3n) is 7.34. The normalized spacial score (nSPS) is 17.2. The number of halogens is 3. The Bertz CT molecular complexity index is 1610. The summed E-state index contributed by atoms with van der Waals surface area (Å²) in [5, 5.41) is 6.01. The number of anilines is 1. The van der Waals surface area contributed by atoms with Gasteiger partial charge in [-0.25, -0.2) is 4.98 Å². The van der Waals surface area contributed by atoms with E-state index in [2.05, 4.69) is 15.6 Å². The Morgan fingerprint density at radius 1 is 1.00 bits per heavy atom. The largest absolute Gasteiger partial charge is 0.467 e. The van der Waals surface area contributed by atoms with Gasteiger partial charge in [0.1, 0.15) is 5.76 Å². The Hall–Kier alpha value is -4.06. The monoisotopic (exact) mass is 598 g/mol. The van der Waals surface area contributed by atoms with Crippen LogP contribution in [-0.2, 0) is 28.9 Å². The average Bonchev–Trinajstić information content (AvgIpc) is 3.50. The second-order valence-electron chi connectivity index (χ2n) is 10.2. The highest BCUT2D eigenvalue weighted by Crippen LogP contribution is 2.35. The zero-order valence-corrected chi connectivity index (χ0v) is 23.3. The number of hydrogen-bond donors (Lipinski definition) is 2. The first kappa shape index (κ1) is 29.4. The number of amides is 2. The summed E-state index contributed by atoms with van der Waals surface area (Å²) < 4.78 is 46.9. The number of alkyl halides is 3. The third kappa shape index (κ3) is 7.04. The number of carbonyl (C=O) groups is 2. The molecule has 42 heavy (non-hydrogen) atoms. The number of fused-ring (bicyclic) bond motifs is 1. The molecule has 2 aromatic carbocycles. The van der Waals surface area contributed by atoms with Crippen LogP contribution in [0, 0.1) is 11.8 Å². The van der Waals surface area contributed by atoms with E-state index in [1.807, 2.05) is 0 Å². The van der Waals surface area contributed by atoms with E-state index < -0.39 is 17.6 Å². The molecule has 1 aliphatic rings. The van der Waals surface area contributed by atoms with Crippen LogP contribution in [0.1, 0.15) is 37.0 Å². The number of benzene rings is 2. The van der Waals surface area contributed by atoms with Crippen molar-refractivity contribution >= 4 is 40.2 Å². The lowest BCUT2D eigenvalue weighted by molar-refractivity contribution is -0.137. The van der Waals surface area contributed by atoms with E-state index in [-0.39, 0.29) is 34.7 Å². The van der Waals surface area contributed by atoms with Gasteiger partial charge in [-0.3, -0.25) is 19.0 Å². The molecule has 0 radical (unpaired) electrons. The standard InChI is InChI=1S/C30H29F3N4O4S/c31-30(32,33)23-8-2-4-10-25(23)35-26(38)18-42-29-36-24-9-3-1-7-22(24)28(40)37(29)17-19-11-13-20(14-12-19)27(39)34-16-21-6-5-15-41-21/h1-10,15,19-20H,11-14,16-18H2,(H,34,39)(H,35,38). The number of aromatic nitrogens is 2. The highest BCUT2D eigenvalue weighted by molar-refractivity contribution is 7.99. The molecule has 0 bridgehead atoms. The molecule has 0 spiro atoms. The van der Waals surface area contributed by atoms with Crippen molar-refractivity contribution in [1.29, 1.82) is 0 Å². The summed E-state index contributed by atoms with van der Waals surface area (Å²) in [5.41, 5.74) is -1.04. The summed E-state index contributed by atoms with van der Waals surface area (Å²) in [6.07, 6.45) is -0.242. The minimum absolute atomic E-state index is 0.0243. The Balaban J connectivity index is 1.26. The highest BCUT2D eigenvalue weighted by Gasteiger charge is 2.33. The van der Waals surface area contributed by atoms with E-state index in [9.17, 15) is 27.6 Å². The molecule has 2 heterocycles. The van der Waals surface area contributed by atoms with Gasteiger partial charge in [-0.05, 0) is 68.0 Å². The predicted octanol–water partition coefficient (Wildman–Crippen LogP) is 5.86. The van der Waals surface area contributed by atoms with Crippen LogP contribution < -0.4 is 16.2 Å². The molecule has 8 nitrogen and oxygen atoms in total. The van der Waals surface area contributed by atoms with Crippen LogP contribution in [0.3, 0.4) is 0 Å². The van der Waals surface area contributed by atoms with Gasteiger partial charge >= 0.3 is 6.18 Å². The summed E-state index contributed by atoms with van der Waals surface area (Å²) >= 11 is 1.00. The number of nitrogens with zero attached hydrogens (tertiary/aromatic N) is 2. The average molecular weight is 599 g/mol. The van der Waals surface area contributed by atoms with E-state index in [0.717, 1.165) is 30.7 Å². The maximum Gasteiger partial charge on any atom is 0.418 e. The summed E-state index contributed by atoms with van der Waals surface area (Å²) in [6.45, 7) is 0.693. The van der Waals surface area contributed by atoms with Crippen LogP contribution in [0.25, 0.3) is 10.9 Å². The summed E-state index contributed by atoms with van der Waals surface area (Å²) in [4.78, 5) is 43.4. The fourth-order valence-electron chi connectivity index (χ4n) is 5.17. The van der Waals surface area contributed by atoms with E-state index in [4.69, 9.17) is 4.42 Å². The van der Waals surface area contributed by atoms with Crippen molar-refractivity contribution in [2.45, 2.75) is 50.1 Å². The van der Waals surface area contributed by atoms with Gasteiger partial charge in [0.15, 0.2) is 5.16 Å². The predicted molar refractivity (Wildman–Crippen MR) is 153 cm³/mol. The topological polar surface area (TPSA) is 106 Å². The van der Waals surface area contributed by atoms with Gasteiger partial charge in [-0.2, -0.15) is 13.2 Å². The van der Waals surface area contributed by atoms with Crippen molar-refractivity contribution < 1.29 is 27.2 Å². The smallest absolute Gasteiger partial charge is 0.418 e. The van der Waals surface area contributed by atoms with E-state index in [0.29, 0.717) is 47.8 Å². The van der Waals surface area contributed by atoms with Crippen LogP contribution in [0.2, 0.25) is 0 Å². The molecule has 1 saturated carbocycles. The van der Waals surface area contributed by atoms with Gasteiger partial charge in [-0.15, -0.1) is 0 Å². The second kappa shape index (κ2) is 12.8. The zero-order chi connectivity index (χ0) is 29.7. The van der Waals surface area contributed by atoms with Gasteiger partial charge in [0.2, 0.25) is 11.8 Å². The van der Waals surface area contributed by atoms with Crippen LogP contribution in [0.5, 0.6) is 0 Å². The molecule has 4 aromatic rings. The lowest BCUT2D eigenvalue weighted by atomic mass is 9.81. The van der Waals surface area contributed by atoms with Gasteiger partial charge < -0.3 is 15.1 Å². The molecule has 12 heteroatoms. The van der Waals surface area contributed by atoms with Crippen molar-refractivity contribution in [3.8, 4) is 0 Å². The van der Waals surface area contributed by atoms with Crippen LogP contribution in [0.4, 0.5) is 18.9 Å². The molecule has 0 saturated heterocycles. The molecule has 220 valence electrons. The minimum Gasteiger partial charge on any atom is -0.467 e. The van der Waals surface area contributed by atoms with Crippen LogP contribution in [0.15, 0.2) is 81.3 Å². The Kier molecular flexibility index (Phi) is 9.00. The molecule has 5 rings (SSSR count). The first-order valence-electron chi connectivity index (χ1n) is 13.6. The quantitative estimate of drug-likeness (QED) is 0.185. The number of furan rings is 1. The van der Waals surface area contributed by atoms with Crippen molar-refractivity contribution in [3.05, 3.63) is 88.6 Å². The minimum atomic E-state index is -4.61. The summed E-state index contributed by atoms with van der Waals surface area (Å²) in [6, 6.07) is 15.2. The summed E-state index contributed by atoms with van der Waals surface area (Å²) in [5.74, 6) is -0.232. The van der Waals surface area contributed by atoms with Gasteiger partial charge in [0, 0.05) is 12.5 Å². The Morgan fingerprint density at radius 2 is 1.74 bits per heavy atom. The lowest BCUT2D eigenvalue weighted by Gasteiger charge is -2.28. The van der Waals surface area contributed by atoms with E-state index >= 15 is 0 Å². The number of hydrogen-bond acceptors (Lipinski definition) is 6. The molecule has 2 aromatic heterocycles. The molecular weight excluding hydrogens is 569 g/mol. The maximum atomic E-state index is 13.5. The Labute approximate surface area is 243 Å². The first-order valence-corrected chi connectivity index (χ1v) is 14.6. The van der Waals surface area contributed by atoms with Crippen molar-refractivity contribution in [1.82, 2.24) is 14.9 Å². The molecule has 2 amide bonds. The van der Waals surface area contributed by atoms with Crippen LogP contribution >= 0.6 is 11.8 Å². The fraction of sp³-hybridized carbons (Fsp3) is 0.333.